The fourth-order valence-electron chi connectivity index (χ4n) is 3.54. The third-order valence-corrected chi connectivity index (χ3v) is 5.19. The van der Waals surface area contributed by atoms with Crippen LogP contribution in [-0.4, -0.2) is 44.9 Å². The third-order valence-electron chi connectivity index (χ3n) is 5.19. The molecule has 4 rings (SSSR count). The number of nitrogens with zero attached hydrogens (tertiary/aromatic N) is 4. The first-order chi connectivity index (χ1) is 16.1. The molecule has 0 aromatic heterocycles. The molecule has 1 aliphatic heterocycles. The summed E-state index contributed by atoms with van der Waals surface area (Å²) in [6.45, 7) is 0. The smallest absolute Gasteiger partial charge is 0.362 e. The number of nitrogens with one attached hydrogen (secondary N) is 1. The maximum atomic E-state index is 13.8. The number of alkyl halides is 3. The van der Waals surface area contributed by atoms with Crippen LogP contribution in [0.1, 0.15) is 17.5 Å². The summed E-state index contributed by atoms with van der Waals surface area (Å²) in [4.78, 5) is 22.7. The van der Waals surface area contributed by atoms with E-state index in [1.165, 1.54) is 18.2 Å². The van der Waals surface area contributed by atoms with Gasteiger partial charge in [0.15, 0.2) is 0 Å². The normalized spacial score (nSPS) is 18.4. The van der Waals surface area contributed by atoms with Crippen molar-refractivity contribution in [2.45, 2.75) is 18.3 Å². The summed E-state index contributed by atoms with van der Waals surface area (Å²) in [5.41, 5.74) is -1.51. The van der Waals surface area contributed by atoms with Crippen molar-refractivity contribution in [2.75, 3.05) is 0 Å². The Balaban J connectivity index is 1.63. The molecule has 2 N–H and O–H groups in total. The van der Waals surface area contributed by atoms with Crippen molar-refractivity contribution in [2.24, 2.45) is 10.2 Å². The van der Waals surface area contributed by atoms with Crippen LogP contribution in [0.2, 0.25) is 0 Å². The van der Waals surface area contributed by atoms with Crippen molar-refractivity contribution in [3.63, 3.8) is 0 Å². The standard InChI is InChI=1S/C22H16F3N5O4/c23-22(24,25)21(32)12-19(18-10-4-7-15-6-1-2-9-17(15)18)28-29(21)20(31)27-26-13-14-5-3-8-16(11-14)30(33)34/h1-11,13,32H,12H2,(H,27,31)/b26-13+. The largest absolute Gasteiger partial charge is 0.438 e. The van der Waals surface area contributed by atoms with Gasteiger partial charge in [0.05, 0.1) is 23.3 Å². The highest BCUT2D eigenvalue weighted by Gasteiger charge is 2.63. The molecule has 0 saturated heterocycles. The Morgan fingerprint density at radius 3 is 2.62 bits per heavy atom. The van der Waals surface area contributed by atoms with E-state index in [0.29, 0.717) is 10.9 Å². The predicted octanol–water partition coefficient (Wildman–Crippen LogP) is 4.15. The molecule has 0 bridgehead atoms. The molecule has 3 aromatic carbocycles. The fraction of sp³-hybridized carbons (Fsp3) is 0.136. The van der Waals surface area contributed by atoms with Gasteiger partial charge in [-0.2, -0.15) is 28.4 Å². The minimum Gasteiger partial charge on any atom is -0.362 e. The van der Waals surface area contributed by atoms with Crippen LogP contribution in [0.25, 0.3) is 10.8 Å². The Morgan fingerprint density at radius 2 is 1.88 bits per heavy atom. The van der Waals surface area contributed by atoms with Gasteiger partial charge in [0.25, 0.3) is 11.4 Å². The summed E-state index contributed by atoms with van der Waals surface area (Å²) in [7, 11) is 0. The molecule has 0 spiro atoms. The summed E-state index contributed by atoms with van der Waals surface area (Å²) in [5, 5.41) is 29.9. The molecule has 174 valence electrons. The fourth-order valence-corrected chi connectivity index (χ4v) is 3.54. The molecule has 0 radical (unpaired) electrons. The van der Waals surface area contributed by atoms with Crippen LogP contribution >= 0.6 is 0 Å². The Hall–Kier alpha value is -4.32. The van der Waals surface area contributed by atoms with E-state index in [1.807, 2.05) is 5.43 Å². The average molecular weight is 471 g/mol. The number of hydrogen-bond donors (Lipinski definition) is 2. The zero-order valence-corrected chi connectivity index (χ0v) is 17.2. The van der Waals surface area contributed by atoms with Crippen LogP contribution in [0.3, 0.4) is 0 Å². The van der Waals surface area contributed by atoms with Crippen molar-refractivity contribution in [3.05, 3.63) is 88.0 Å². The number of urea groups is 1. The molecule has 1 aliphatic rings. The van der Waals surface area contributed by atoms with Crippen molar-refractivity contribution >= 4 is 34.4 Å². The highest BCUT2D eigenvalue weighted by Crippen LogP contribution is 2.42. The Kier molecular flexibility index (Phi) is 5.75. The van der Waals surface area contributed by atoms with Crippen LogP contribution < -0.4 is 5.43 Å². The third kappa shape index (κ3) is 4.18. The van der Waals surface area contributed by atoms with E-state index in [9.17, 15) is 33.2 Å². The van der Waals surface area contributed by atoms with Gasteiger partial charge in [-0.25, -0.2) is 10.2 Å². The monoisotopic (exact) mass is 471 g/mol. The summed E-state index contributed by atoms with van der Waals surface area (Å²) in [5.74, 6) is 0. The molecule has 0 aliphatic carbocycles. The lowest BCUT2D eigenvalue weighted by atomic mass is 9.96. The molecule has 0 fully saturated rings. The molecule has 34 heavy (non-hydrogen) atoms. The SMILES string of the molecule is O=C(N/N=C/c1cccc([N+](=O)[O-])c1)N1N=C(c2cccc3ccccc23)CC1(O)C(F)(F)F. The molecule has 3 aromatic rings. The molecule has 1 unspecified atom stereocenters. The second kappa shape index (κ2) is 8.56. The average Bonchev–Trinajstić information content (AvgIpc) is 3.17. The molecular weight excluding hydrogens is 455 g/mol. The van der Waals surface area contributed by atoms with Crippen LogP contribution in [0.4, 0.5) is 23.7 Å². The van der Waals surface area contributed by atoms with Crippen molar-refractivity contribution in [1.29, 1.82) is 0 Å². The van der Waals surface area contributed by atoms with Gasteiger partial charge in [-0.1, -0.05) is 54.6 Å². The first-order valence-corrected chi connectivity index (χ1v) is 9.82. The van der Waals surface area contributed by atoms with E-state index in [-0.39, 0.29) is 22.0 Å². The number of nitro benzene ring substituents is 1. The number of benzene rings is 3. The molecule has 12 heteroatoms. The van der Waals surface area contributed by atoms with Crippen molar-refractivity contribution in [3.8, 4) is 0 Å². The van der Waals surface area contributed by atoms with E-state index < -0.39 is 29.3 Å². The summed E-state index contributed by atoms with van der Waals surface area (Å²) in [6.07, 6.45) is -5.18. The Bertz CT molecular complexity index is 1340. The zero-order valence-electron chi connectivity index (χ0n) is 17.2. The number of hydrogen-bond acceptors (Lipinski definition) is 6. The maximum Gasteiger partial charge on any atom is 0.438 e. The van der Waals surface area contributed by atoms with E-state index in [2.05, 4.69) is 10.2 Å². The highest BCUT2D eigenvalue weighted by atomic mass is 19.4. The van der Waals surface area contributed by atoms with E-state index in [0.717, 1.165) is 17.7 Å². The number of nitro groups is 1. The van der Waals surface area contributed by atoms with Gasteiger partial charge in [-0.05, 0) is 10.8 Å². The minimum absolute atomic E-state index is 0.0884. The molecule has 0 saturated carbocycles. The van der Waals surface area contributed by atoms with Gasteiger partial charge in [0, 0.05) is 23.3 Å². The first kappa shape index (κ1) is 22.9. The zero-order chi connectivity index (χ0) is 24.5. The van der Waals surface area contributed by atoms with Gasteiger partial charge < -0.3 is 5.11 Å². The van der Waals surface area contributed by atoms with Gasteiger partial charge in [0.2, 0.25) is 0 Å². The summed E-state index contributed by atoms with van der Waals surface area (Å²) >= 11 is 0. The number of halogens is 3. The predicted molar refractivity (Wildman–Crippen MR) is 117 cm³/mol. The second-order valence-corrected chi connectivity index (χ2v) is 7.40. The first-order valence-electron chi connectivity index (χ1n) is 9.82. The molecule has 1 atom stereocenters. The highest BCUT2D eigenvalue weighted by molar-refractivity contribution is 6.12. The van der Waals surface area contributed by atoms with Gasteiger partial charge in [-0.15, -0.1) is 0 Å². The molecule has 1 heterocycles. The molecule has 9 nitrogen and oxygen atoms in total. The number of fused-ring (bicyclic) bond motifs is 1. The van der Waals surface area contributed by atoms with Crippen LogP contribution in [0.15, 0.2) is 76.9 Å². The summed E-state index contributed by atoms with van der Waals surface area (Å²) in [6, 6.07) is 15.7. The van der Waals surface area contributed by atoms with Gasteiger partial charge in [-0.3, -0.25) is 10.1 Å². The lowest BCUT2D eigenvalue weighted by molar-refractivity contribution is -0.384. The number of carbonyl (C=O) groups is 1. The number of carbonyl (C=O) groups excluding carboxylic acids is 1. The maximum absolute atomic E-state index is 13.8. The molecular formula is C22H16F3N5O4. The number of amides is 2. The minimum atomic E-state index is -5.22. The number of hydrazone groups is 2. The molecule has 2 amide bonds. The van der Waals surface area contributed by atoms with Crippen molar-refractivity contribution < 1.29 is 28.0 Å². The van der Waals surface area contributed by atoms with Crippen LogP contribution in [-0.2, 0) is 0 Å². The van der Waals surface area contributed by atoms with Gasteiger partial charge >= 0.3 is 12.2 Å². The van der Waals surface area contributed by atoms with Gasteiger partial charge in [0.1, 0.15) is 0 Å². The lowest BCUT2D eigenvalue weighted by Crippen LogP contribution is -2.58. The second-order valence-electron chi connectivity index (χ2n) is 7.40. The topological polar surface area (TPSA) is 120 Å². The number of aliphatic hydroxyl groups is 1. The number of rotatable bonds is 4. The van der Waals surface area contributed by atoms with Crippen LogP contribution in [0, 0.1) is 10.1 Å². The van der Waals surface area contributed by atoms with E-state index >= 15 is 0 Å². The Morgan fingerprint density at radius 1 is 1.18 bits per heavy atom. The van der Waals surface area contributed by atoms with E-state index in [1.54, 1.807) is 42.5 Å². The van der Waals surface area contributed by atoms with Crippen LogP contribution in [0.5, 0.6) is 0 Å². The number of non-ortho nitro benzene ring substituents is 1. The lowest BCUT2D eigenvalue weighted by Gasteiger charge is -2.31. The summed E-state index contributed by atoms with van der Waals surface area (Å²) < 4.78 is 41.5. The quantitative estimate of drug-likeness (QED) is 0.337. The van der Waals surface area contributed by atoms with Crippen molar-refractivity contribution in [1.82, 2.24) is 10.4 Å². The van der Waals surface area contributed by atoms with E-state index in [4.69, 9.17) is 0 Å². The Labute approximate surface area is 189 Å².